The second-order valence-electron chi connectivity index (χ2n) is 8.71. The highest BCUT2D eigenvalue weighted by molar-refractivity contribution is 6.03. The first kappa shape index (κ1) is 17.9. The largest absolute Gasteiger partial charge is 0.236 e. The molecular weight excluding hydrogens is 334 g/mol. The van der Waals surface area contributed by atoms with Crippen LogP contribution >= 0.6 is 0 Å². The minimum Gasteiger partial charge on any atom is -0.228 e. The molecule has 2 aliphatic heterocycles. The smallest absolute Gasteiger partial charge is 0.228 e. The van der Waals surface area contributed by atoms with Gasteiger partial charge in [-0.05, 0) is 52.3 Å². The number of hydrogen-bond donors (Lipinski definition) is 0. The van der Waals surface area contributed by atoms with E-state index in [2.05, 4.69) is 80.9 Å². The molecule has 1 unspecified atom stereocenters. The monoisotopic (exact) mass is 361 g/mol. The second-order valence-corrected chi connectivity index (χ2v) is 8.71. The van der Waals surface area contributed by atoms with Gasteiger partial charge in [0.2, 0.25) is 5.79 Å². The Balaban J connectivity index is 1.88. The molecule has 27 heavy (non-hydrogen) atoms. The van der Waals surface area contributed by atoms with Crippen molar-refractivity contribution in [3.63, 3.8) is 0 Å². The van der Waals surface area contributed by atoms with E-state index in [0.29, 0.717) is 6.42 Å². The van der Waals surface area contributed by atoms with Crippen molar-refractivity contribution in [2.75, 3.05) is 5.01 Å². The van der Waals surface area contributed by atoms with Crippen LogP contribution in [-0.4, -0.2) is 27.6 Å². The topological polar surface area (TPSA) is 43.6 Å². The fourth-order valence-electron chi connectivity index (χ4n) is 4.50. The highest BCUT2D eigenvalue weighted by Crippen LogP contribution is 2.49. The first-order valence-corrected chi connectivity index (χ1v) is 9.47. The van der Waals surface area contributed by atoms with Gasteiger partial charge in [-0.15, -0.1) is 5.11 Å². The Morgan fingerprint density at radius 3 is 2.04 bits per heavy atom. The number of benzene rings is 2. The van der Waals surface area contributed by atoms with Crippen molar-refractivity contribution in [2.45, 2.75) is 58.0 Å². The van der Waals surface area contributed by atoms with Gasteiger partial charge in [-0.2, -0.15) is 10.2 Å². The molecule has 0 radical (unpaired) electrons. The van der Waals surface area contributed by atoms with Crippen LogP contribution in [0.3, 0.4) is 0 Å². The van der Waals surface area contributed by atoms with E-state index >= 15 is 0 Å². The molecule has 0 fully saturated rings. The molecule has 4 rings (SSSR count). The summed E-state index contributed by atoms with van der Waals surface area (Å²) in [6.07, 6.45) is 0.691. The molecule has 0 saturated carbocycles. The fourth-order valence-corrected chi connectivity index (χ4v) is 4.50. The van der Waals surface area contributed by atoms with Gasteiger partial charge in [-0.25, -0.2) is 9.91 Å². The van der Waals surface area contributed by atoms with E-state index < -0.39 is 11.4 Å². The Hall–Kier alpha value is -2.53. The predicted octanol–water partition coefficient (Wildman–Crippen LogP) is 5.26. The zero-order valence-corrected chi connectivity index (χ0v) is 16.7. The molecule has 0 N–H and O–H groups in total. The van der Waals surface area contributed by atoms with Gasteiger partial charge < -0.3 is 0 Å². The van der Waals surface area contributed by atoms with Gasteiger partial charge in [0.1, 0.15) is 5.66 Å². The van der Waals surface area contributed by atoms with Crippen LogP contribution in [0, 0.1) is 0 Å². The first-order valence-electron chi connectivity index (χ1n) is 9.47. The molecule has 2 aromatic carbocycles. The summed E-state index contributed by atoms with van der Waals surface area (Å²) in [6, 6.07) is 20.6. The SMILES string of the molecule is CC(C)(C)N1C(C)(C)N=NC12CC(c1ccccc1)=NN2c1ccccc1. The number of para-hydroxylation sites is 1. The number of anilines is 1. The van der Waals surface area contributed by atoms with Gasteiger partial charge in [-0.3, -0.25) is 0 Å². The van der Waals surface area contributed by atoms with Crippen LogP contribution in [0.4, 0.5) is 5.69 Å². The second kappa shape index (κ2) is 5.99. The van der Waals surface area contributed by atoms with E-state index in [9.17, 15) is 0 Å². The maximum Gasteiger partial charge on any atom is 0.236 e. The lowest BCUT2D eigenvalue weighted by Gasteiger charge is -2.49. The standard InChI is InChI=1S/C22H27N5/c1-20(2,3)27-21(4,5)24-25-22(27)16-19(17-12-8-6-9-13-17)23-26(22)18-14-10-7-11-15-18/h6-15H,16H2,1-5H3. The molecule has 0 amide bonds. The van der Waals surface area contributed by atoms with Crippen molar-refractivity contribution in [3.05, 3.63) is 66.2 Å². The number of nitrogens with zero attached hydrogens (tertiary/aromatic N) is 5. The van der Waals surface area contributed by atoms with Crippen molar-refractivity contribution >= 4 is 11.4 Å². The Morgan fingerprint density at radius 2 is 1.44 bits per heavy atom. The van der Waals surface area contributed by atoms with Crippen LogP contribution in [-0.2, 0) is 0 Å². The molecular formula is C22H27N5. The fraction of sp³-hybridized carbons (Fsp3) is 0.409. The maximum absolute atomic E-state index is 5.05. The molecule has 0 aliphatic carbocycles. The zero-order valence-electron chi connectivity index (χ0n) is 16.7. The van der Waals surface area contributed by atoms with Crippen molar-refractivity contribution < 1.29 is 0 Å². The summed E-state index contributed by atoms with van der Waals surface area (Å²) in [6.45, 7) is 10.9. The molecule has 5 nitrogen and oxygen atoms in total. The summed E-state index contributed by atoms with van der Waals surface area (Å²) in [7, 11) is 0. The van der Waals surface area contributed by atoms with Crippen LogP contribution in [0.1, 0.15) is 46.6 Å². The first-order chi connectivity index (χ1) is 12.7. The molecule has 140 valence electrons. The van der Waals surface area contributed by atoms with Crippen molar-refractivity contribution in [3.8, 4) is 0 Å². The maximum atomic E-state index is 5.05. The Labute approximate surface area is 161 Å². The predicted molar refractivity (Wildman–Crippen MR) is 110 cm³/mol. The van der Waals surface area contributed by atoms with Crippen LogP contribution in [0.2, 0.25) is 0 Å². The van der Waals surface area contributed by atoms with E-state index in [0.717, 1.165) is 17.0 Å². The van der Waals surface area contributed by atoms with E-state index in [1.54, 1.807) is 0 Å². The number of azo groups is 1. The lowest BCUT2D eigenvalue weighted by atomic mass is 9.94. The van der Waals surface area contributed by atoms with E-state index in [1.807, 2.05) is 24.3 Å². The average molecular weight is 361 g/mol. The molecule has 0 saturated heterocycles. The third-order valence-corrected chi connectivity index (χ3v) is 5.10. The number of hydrogen-bond acceptors (Lipinski definition) is 5. The summed E-state index contributed by atoms with van der Waals surface area (Å²) in [5.74, 6) is -0.658. The van der Waals surface area contributed by atoms with E-state index in [1.165, 1.54) is 0 Å². The quantitative estimate of drug-likeness (QED) is 0.732. The normalized spacial score (nSPS) is 24.6. The minimum atomic E-state index is -0.658. The van der Waals surface area contributed by atoms with Crippen molar-refractivity contribution in [1.29, 1.82) is 0 Å². The van der Waals surface area contributed by atoms with Gasteiger partial charge in [0.05, 0.1) is 17.8 Å². The summed E-state index contributed by atoms with van der Waals surface area (Å²) in [4.78, 5) is 2.39. The number of rotatable bonds is 2. The van der Waals surface area contributed by atoms with Gasteiger partial charge in [0.25, 0.3) is 0 Å². The van der Waals surface area contributed by atoms with E-state index in [4.69, 9.17) is 15.3 Å². The zero-order chi connectivity index (χ0) is 19.3. The Kier molecular flexibility index (Phi) is 3.96. The van der Waals surface area contributed by atoms with Crippen molar-refractivity contribution in [2.24, 2.45) is 15.3 Å². The third-order valence-electron chi connectivity index (χ3n) is 5.10. The highest BCUT2D eigenvalue weighted by atomic mass is 15.7. The van der Waals surface area contributed by atoms with E-state index in [-0.39, 0.29) is 5.54 Å². The van der Waals surface area contributed by atoms with Gasteiger partial charge >= 0.3 is 0 Å². The van der Waals surface area contributed by atoms with Crippen molar-refractivity contribution in [1.82, 2.24) is 4.90 Å². The summed E-state index contributed by atoms with van der Waals surface area (Å²) in [5, 5.41) is 16.7. The molecule has 2 aromatic rings. The summed E-state index contributed by atoms with van der Waals surface area (Å²) >= 11 is 0. The molecule has 5 heteroatoms. The summed E-state index contributed by atoms with van der Waals surface area (Å²) in [5.41, 5.74) is 2.64. The lowest BCUT2D eigenvalue weighted by Crippen LogP contribution is -2.65. The minimum absolute atomic E-state index is 0.137. The lowest BCUT2D eigenvalue weighted by molar-refractivity contribution is -0.0301. The molecule has 2 aliphatic rings. The Bertz CT molecular complexity index is 880. The highest BCUT2D eigenvalue weighted by Gasteiger charge is 2.60. The van der Waals surface area contributed by atoms with Crippen LogP contribution < -0.4 is 5.01 Å². The molecule has 1 atom stereocenters. The van der Waals surface area contributed by atoms with Gasteiger partial charge in [0.15, 0.2) is 0 Å². The van der Waals surface area contributed by atoms with Crippen LogP contribution in [0.15, 0.2) is 76.0 Å². The van der Waals surface area contributed by atoms with Crippen LogP contribution in [0.5, 0.6) is 0 Å². The number of hydrazone groups is 1. The average Bonchev–Trinajstić information content (AvgIpc) is 3.13. The molecule has 0 bridgehead atoms. The molecule has 1 spiro atoms. The Morgan fingerprint density at radius 1 is 0.852 bits per heavy atom. The van der Waals surface area contributed by atoms with Crippen LogP contribution in [0.25, 0.3) is 0 Å². The third kappa shape index (κ3) is 2.86. The molecule has 2 heterocycles. The van der Waals surface area contributed by atoms with Gasteiger partial charge in [0, 0.05) is 5.54 Å². The molecule has 0 aromatic heterocycles. The summed E-state index contributed by atoms with van der Waals surface area (Å²) < 4.78 is 0. The van der Waals surface area contributed by atoms with Gasteiger partial charge in [-0.1, -0.05) is 48.5 Å².